The third-order valence-electron chi connectivity index (χ3n) is 2.82. The molecule has 0 atom stereocenters. The molecule has 0 aliphatic heterocycles. The number of nitrogens with one attached hydrogen (secondary N) is 1. The van der Waals surface area contributed by atoms with Crippen molar-refractivity contribution in [2.24, 2.45) is 0 Å². The van der Waals surface area contributed by atoms with Gasteiger partial charge >= 0.3 is 0 Å². The Morgan fingerprint density at radius 2 is 2.11 bits per heavy atom. The molecule has 5 heteroatoms. The fourth-order valence-electron chi connectivity index (χ4n) is 1.88. The third kappa shape index (κ3) is 2.88. The average molecular weight is 270 g/mol. The first-order valence-corrected chi connectivity index (χ1v) is 7.06. The number of rotatable bonds is 4. The summed E-state index contributed by atoms with van der Waals surface area (Å²) in [4.78, 5) is 13.2. The van der Waals surface area contributed by atoms with Crippen molar-refractivity contribution in [3.8, 4) is 0 Å². The average Bonchev–Trinajstić information content (AvgIpc) is 2.84. The van der Waals surface area contributed by atoms with E-state index in [-0.39, 0.29) is 0 Å². The molecule has 0 unspecified atom stereocenters. The topological polar surface area (TPSA) is 50.7 Å². The number of thiazole rings is 1. The lowest BCUT2D eigenvalue weighted by atomic mass is 10.2. The molecule has 3 aromatic rings. The Hall–Kier alpha value is -2.01. The van der Waals surface area contributed by atoms with Gasteiger partial charge in [-0.3, -0.25) is 0 Å². The van der Waals surface area contributed by atoms with Gasteiger partial charge in [-0.05, 0) is 13.0 Å². The van der Waals surface area contributed by atoms with E-state index in [2.05, 4.69) is 25.6 Å². The standard InChI is InChI=1S/C14H14N4S/c1-10-17-12(9-19-10)6-7-15-14-16-8-11-4-2-3-5-13(11)18-14/h2-5,8-9H,6-7H2,1H3,(H,15,16,18). The maximum Gasteiger partial charge on any atom is 0.223 e. The molecule has 0 bridgehead atoms. The largest absolute Gasteiger partial charge is 0.354 e. The first-order valence-electron chi connectivity index (χ1n) is 6.18. The summed E-state index contributed by atoms with van der Waals surface area (Å²) in [5.41, 5.74) is 2.08. The summed E-state index contributed by atoms with van der Waals surface area (Å²) in [5.74, 6) is 0.672. The first-order chi connectivity index (χ1) is 9.31. The Labute approximate surface area is 115 Å². The van der Waals surface area contributed by atoms with Crippen LogP contribution >= 0.6 is 11.3 Å². The third-order valence-corrected chi connectivity index (χ3v) is 3.64. The Bertz CT molecular complexity index is 692. The van der Waals surface area contributed by atoms with Crippen LogP contribution in [0.5, 0.6) is 0 Å². The molecule has 3 rings (SSSR count). The highest BCUT2D eigenvalue weighted by molar-refractivity contribution is 7.09. The second-order valence-electron chi connectivity index (χ2n) is 4.29. The quantitative estimate of drug-likeness (QED) is 0.791. The predicted octanol–water partition coefficient (Wildman–Crippen LogP) is 3.05. The Kier molecular flexibility index (Phi) is 3.37. The molecule has 0 radical (unpaired) electrons. The maximum atomic E-state index is 4.47. The number of anilines is 1. The van der Waals surface area contributed by atoms with E-state index in [9.17, 15) is 0 Å². The zero-order chi connectivity index (χ0) is 13.1. The van der Waals surface area contributed by atoms with E-state index < -0.39 is 0 Å². The van der Waals surface area contributed by atoms with E-state index in [1.807, 2.05) is 37.4 Å². The molecule has 19 heavy (non-hydrogen) atoms. The summed E-state index contributed by atoms with van der Waals surface area (Å²) in [6, 6.07) is 7.98. The molecule has 0 aliphatic carbocycles. The summed E-state index contributed by atoms with van der Waals surface area (Å²) in [6.45, 7) is 2.82. The number of nitrogens with zero attached hydrogens (tertiary/aromatic N) is 3. The molecule has 0 saturated carbocycles. The number of benzene rings is 1. The molecular formula is C14H14N4S. The second kappa shape index (κ2) is 5.32. The molecule has 0 fully saturated rings. The van der Waals surface area contributed by atoms with Gasteiger partial charge in [-0.2, -0.15) is 0 Å². The van der Waals surface area contributed by atoms with Crippen molar-refractivity contribution in [1.82, 2.24) is 15.0 Å². The van der Waals surface area contributed by atoms with Crippen molar-refractivity contribution in [3.05, 3.63) is 46.5 Å². The number of hydrogen-bond acceptors (Lipinski definition) is 5. The molecule has 0 aliphatic rings. The van der Waals surface area contributed by atoms with Gasteiger partial charge in [-0.1, -0.05) is 18.2 Å². The van der Waals surface area contributed by atoms with Crippen LogP contribution in [0.1, 0.15) is 10.7 Å². The van der Waals surface area contributed by atoms with E-state index in [0.717, 1.165) is 34.6 Å². The molecule has 2 aromatic heterocycles. The molecule has 1 aromatic carbocycles. The van der Waals surface area contributed by atoms with Crippen LogP contribution in [-0.2, 0) is 6.42 Å². The van der Waals surface area contributed by atoms with Gasteiger partial charge in [0.1, 0.15) is 0 Å². The summed E-state index contributed by atoms with van der Waals surface area (Å²) in [5, 5.41) is 7.50. The molecule has 1 N–H and O–H groups in total. The summed E-state index contributed by atoms with van der Waals surface area (Å²) in [6.07, 6.45) is 2.73. The predicted molar refractivity (Wildman–Crippen MR) is 78.6 cm³/mol. The van der Waals surface area contributed by atoms with Crippen molar-refractivity contribution in [2.75, 3.05) is 11.9 Å². The van der Waals surface area contributed by atoms with Crippen molar-refractivity contribution in [3.63, 3.8) is 0 Å². The van der Waals surface area contributed by atoms with Gasteiger partial charge in [0, 0.05) is 29.9 Å². The minimum absolute atomic E-state index is 0.672. The van der Waals surface area contributed by atoms with Gasteiger partial charge in [-0.25, -0.2) is 15.0 Å². The van der Waals surface area contributed by atoms with E-state index in [1.165, 1.54) is 0 Å². The summed E-state index contributed by atoms with van der Waals surface area (Å²) in [7, 11) is 0. The smallest absolute Gasteiger partial charge is 0.223 e. The summed E-state index contributed by atoms with van der Waals surface area (Å²) < 4.78 is 0. The van der Waals surface area contributed by atoms with Crippen LogP contribution in [0.3, 0.4) is 0 Å². The van der Waals surface area contributed by atoms with Gasteiger partial charge in [0.05, 0.1) is 16.2 Å². The van der Waals surface area contributed by atoms with Crippen molar-refractivity contribution in [1.29, 1.82) is 0 Å². The molecular weight excluding hydrogens is 256 g/mol. The van der Waals surface area contributed by atoms with Crippen LogP contribution in [0.2, 0.25) is 0 Å². The van der Waals surface area contributed by atoms with Gasteiger partial charge in [0.25, 0.3) is 0 Å². The Balaban J connectivity index is 1.65. The fourth-order valence-corrected chi connectivity index (χ4v) is 2.53. The van der Waals surface area contributed by atoms with Crippen molar-refractivity contribution in [2.45, 2.75) is 13.3 Å². The van der Waals surface area contributed by atoms with Crippen LogP contribution in [0, 0.1) is 6.92 Å². The summed E-state index contributed by atoms with van der Waals surface area (Å²) >= 11 is 1.68. The van der Waals surface area contributed by atoms with Crippen LogP contribution in [0.25, 0.3) is 10.9 Å². The first kappa shape index (κ1) is 12.0. The van der Waals surface area contributed by atoms with E-state index in [0.29, 0.717) is 5.95 Å². The SMILES string of the molecule is Cc1nc(CCNc2ncc3ccccc3n2)cs1. The monoisotopic (exact) mass is 270 g/mol. The van der Waals surface area contributed by atoms with Crippen LogP contribution in [0.4, 0.5) is 5.95 Å². The highest BCUT2D eigenvalue weighted by atomic mass is 32.1. The van der Waals surface area contributed by atoms with E-state index in [1.54, 1.807) is 11.3 Å². The Morgan fingerprint density at radius 1 is 1.21 bits per heavy atom. The zero-order valence-electron chi connectivity index (χ0n) is 10.6. The zero-order valence-corrected chi connectivity index (χ0v) is 11.4. The number of fused-ring (bicyclic) bond motifs is 1. The van der Waals surface area contributed by atoms with Crippen molar-refractivity contribution < 1.29 is 0 Å². The fraction of sp³-hybridized carbons (Fsp3) is 0.214. The highest BCUT2D eigenvalue weighted by Crippen LogP contribution is 2.12. The lowest BCUT2D eigenvalue weighted by molar-refractivity contribution is 0.951. The second-order valence-corrected chi connectivity index (χ2v) is 5.35. The van der Waals surface area contributed by atoms with Crippen LogP contribution in [0.15, 0.2) is 35.8 Å². The lowest BCUT2D eigenvalue weighted by Gasteiger charge is -2.04. The number of aromatic nitrogens is 3. The molecule has 0 spiro atoms. The normalized spacial score (nSPS) is 10.8. The maximum absolute atomic E-state index is 4.47. The number of hydrogen-bond donors (Lipinski definition) is 1. The van der Waals surface area contributed by atoms with Crippen LogP contribution < -0.4 is 5.32 Å². The lowest BCUT2D eigenvalue weighted by Crippen LogP contribution is -2.08. The minimum atomic E-state index is 0.672. The number of aryl methyl sites for hydroxylation is 1. The van der Waals surface area contributed by atoms with Gasteiger partial charge in [0.2, 0.25) is 5.95 Å². The highest BCUT2D eigenvalue weighted by Gasteiger charge is 2.01. The van der Waals surface area contributed by atoms with Gasteiger partial charge in [0.15, 0.2) is 0 Å². The van der Waals surface area contributed by atoms with Gasteiger partial charge < -0.3 is 5.32 Å². The minimum Gasteiger partial charge on any atom is -0.354 e. The Morgan fingerprint density at radius 3 is 2.95 bits per heavy atom. The molecule has 0 amide bonds. The molecule has 2 heterocycles. The van der Waals surface area contributed by atoms with E-state index in [4.69, 9.17) is 0 Å². The number of para-hydroxylation sites is 1. The van der Waals surface area contributed by atoms with E-state index >= 15 is 0 Å². The van der Waals surface area contributed by atoms with Crippen molar-refractivity contribution >= 4 is 28.2 Å². The molecule has 96 valence electrons. The van der Waals surface area contributed by atoms with Gasteiger partial charge in [-0.15, -0.1) is 11.3 Å². The molecule has 0 saturated heterocycles. The van der Waals surface area contributed by atoms with Crippen LogP contribution in [-0.4, -0.2) is 21.5 Å². The molecule has 4 nitrogen and oxygen atoms in total.